The van der Waals surface area contributed by atoms with Crippen molar-refractivity contribution in [2.75, 3.05) is 0 Å². The fourth-order valence-corrected chi connectivity index (χ4v) is 0. The SMILES string of the molecule is OC(F)C(F)(F)F.[H-].[Na+]. The summed E-state index contributed by atoms with van der Waals surface area (Å²) in [6.45, 7) is 0. The predicted octanol–water partition coefficient (Wildman–Crippen LogP) is -2.05. The van der Waals surface area contributed by atoms with Crippen LogP contribution in [-0.4, -0.2) is 17.6 Å². The van der Waals surface area contributed by atoms with Crippen molar-refractivity contribution in [2.24, 2.45) is 0 Å². The molecule has 0 fully saturated rings. The largest absolute Gasteiger partial charge is 1.00 e. The minimum Gasteiger partial charge on any atom is -1.00 e. The molecule has 8 heavy (non-hydrogen) atoms. The molecule has 1 nitrogen and oxygen atoms in total. The van der Waals surface area contributed by atoms with Crippen LogP contribution in [0.1, 0.15) is 1.43 Å². The van der Waals surface area contributed by atoms with E-state index in [2.05, 4.69) is 0 Å². The van der Waals surface area contributed by atoms with E-state index in [-0.39, 0.29) is 31.0 Å². The zero-order chi connectivity index (χ0) is 6.08. The summed E-state index contributed by atoms with van der Waals surface area (Å²) in [6.07, 6.45) is -8.81. The molecule has 0 amide bonds. The van der Waals surface area contributed by atoms with Crippen LogP contribution in [0.15, 0.2) is 0 Å². The summed E-state index contributed by atoms with van der Waals surface area (Å²) in [5.74, 6) is 0. The van der Waals surface area contributed by atoms with Crippen LogP contribution < -0.4 is 29.6 Å². The second-order valence-electron chi connectivity index (χ2n) is 0.877. The summed E-state index contributed by atoms with van der Waals surface area (Å²) in [5, 5.41) is 7.10. The average Bonchev–Trinajstić information content (AvgIpc) is 1.31. The van der Waals surface area contributed by atoms with Crippen molar-refractivity contribution in [3.8, 4) is 0 Å². The first-order valence-corrected chi connectivity index (χ1v) is 1.33. The van der Waals surface area contributed by atoms with E-state index in [1.165, 1.54) is 0 Å². The van der Waals surface area contributed by atoms with E-state index in [4.69, 9.17) is 5.11 Å². The smallest absolute Gasteiger partial charge is 1.00 e. The maximum atomic E-state index is 10.6. The Bertz CT molecular complexity index is 64.1. The topological polar surface area (TPSA) is 20.2 Å². The van der Waals surface area contributed by atoms with Crippen molar-refractivity contribution in [1.29, 1.82) is 0 Å². The summed E-state index contributed by atoms with van der Waals surface area (Å²) < 4.78 is 42.3. The van der Waals surface area contributed by atoms with Gasteiger partial charge in [0.05, 0.1) is 0 Å². The van der Waals surface area contributed by atoms with Gasteiger partial charge >= 0.3 is 35.7 Å². The Hall–Kier alpha value is 0.680. The van der Waals surface area contributed by atoms with Crippen molar-refractivity contribution in [1.82, 2.24) is 0 Å². The minimum absolute atomic E-state index is 0. The van der Waals surface area contributed by atoms with Crippen LogP contribution in [-0.2, 0) is 0 Å². The molecule has 0 aliphatic heterocycles. The van der Waals surface area contributed by atoms with E-state index in [9.17, 15) is 17.6 Å². The summed E-state index contributed by atoms with van der Waals surface area (Å²) in [6, 6.07) is 0. The minimum atomic E-state index is -5.11. The maximum Gasteiger partial charge on any atom is 1.00 e. The number of halogens is 4. The van der Waals surface area contributed by atoms with Crippen LogP contribution in [0.2, 0.25) is 0 Å². The molecule has 0 bridgehead atoms. The first-order valence-electron chi connectivity index (χ1n) is 1.33. The van der Waals surface area contributed by atoms with Crippen molar-refractivity contribution >= 4 is 0 Å². The third kappa shape index (κ3) is 4.83. The number of alkyl halides is 4. The first-order chi connectivity index (χ1) is 2.94. The van der Waals surface area contributed by atoms with Gasteiger partial charge in [0, 0.05) is 0 Å². The van der Waals surface area contributed by atoms with Crippen molar-refractivity contribution < 1.29 is 53.7 Å². The van der Waals surface area contributed by atoms with Crippen LogP contribution in [0.3, 0.4) is 0 Å². The van der Waals surface area contributed by atoms with Gasteiger partial charge in [-0.25, -0.2) is 4.39 Å². The van der Waals surface area contributed by atoms with E-state index in [0.717, 1.165) is 0 Å². The summed E-state index contributed by atoms with van der Waals surface area (Å²) >= 11 is 0. The molecule has 6 heteroatoms. The normalized spacial score (nSPS) is 14.6. The molecular weight excluding hydrogens is 139 g/mol. The third-order valence-corrected chi connectivity index (χ3v) is 0.270. The summed E-state index contributed by atoms with van der Waals surface area (Å²) in [4.78, 5) is 0. The van der Waals surface area contributed by atoms with E-state index in [1.54, 1.807) is 0 Å². The van der Waals surface area contributed by atoms with Gasteiger partial charge in [-0.3, -0.25) is 0 Å². The molecule has 0 saturated carbocycles. The molecule has 1 unspecified atom stereocenters. The first kappa shape index (κ1) is 11.5. The van der Waals surface area contributed by atoms with Gasteiger partial charge in [0.1, 0.15) is 0 Å². The van der Waals surface area contributed by atoms with Gasteiger partial charge in [0.25, 0.3) is 6.36 Å². The molecule has 0 aromatic carbocycles. The molecule has 0 spiro atoms. The average molecular weight is 142 g/mol. The number of hydrogen-bond donors (Lipinski definition) is 1. The molecule has 0 radical (unpaired) electrons. The molecule has 1 N–H and O–H groups in total. The van der Waals surface area contributed by atoms with Gasteiger partial charge < -0.3 is 6.53 Å². The molecule has 1 atom stereocenters. The van der Waals surface area contributed by atoms with E-state index >= 15 is 0 Å². The fourth-order valence-electron chi connectivity index (χ4n) is 0. The van der Waals surface area contributed by atoms with Gasteiger partial charge in [0.2, 0.25) is 0 Å². The fraction of sp³-hybridized carbons (Fsp3) is 1.00. The summed E-state index contributed by atoms with van der Waals surface area (Å²) in [7, 11) is 0. The van der Waals surface area contributed by atoms with Gasteiger partial charge in [0.15, 0.2) is 0 Å². The number of rotatable bonds is 0. The quantitative estimate of drug-likeness (QED) is 0.305. The second-order valence-corrected chi connectivity index (χ2v) is 0.877. The zero-order valence-corrected chi connectivity index (χ0v) is 6.04. The van der Waals surface area contributed by atoms with Gasteiger partial charge in [-0.1, -0.05) is 0 Å². The molecule has 0 aromatic heterocycles. The Kier molecular flexibility index (Phi) is 5.25. The van der Waals surface area contributed by atoms with E-state index in [0.29, 0.717) is 0 Å². The van der Waals surface area contributed by atoms with Crippen molar-refractivity contribution in [2.45, 2.75) is 12.5 Å². The predicted molar refractivity (Wildman–Crippen MR) is 14.3 cm³/mol. The standard InChI is InChI=1S/C2H2F4O.Na.H/c3-1(7)2(4,5)6;;/h1,7H;;/q;+1;-1. The Labute approximate surface area is 66.5 Å². The molecule has 0 rings (SSSR count). The molecular formula is C2H3F4NaO. The monoisotopic (exact) mass is 142 g/mol. The Balaban J connectivity index is -0.000000180. The van der Waals surface area contributed by atoms with Gasteiger partial charge in [-0.2, -0.15) is 13.2 Å². The van der Waals surface area contributed by atoms with Crippen LogP contribution in [0.4, 0.5) is 17.6 Å². The van der Waals surface area contributed by atoms with Crippen molar-refractivity contribution in [3.63, 3.8) is 0 Å². The number of hydrogen-bond acceptors (Lipinski definition) is 1. The van der Waals surface area contributed by atoms with Crippen LogP contribution >= 0.6 is 0 Å². The molecule has 46 valence electrons. The number of aliphatic hydroxyl groups excluding tert-OH is 1. The molecule has 0 aromatic rings. The van der Waals surface area contributed by atoms with E-state index in [1.807, 2.05) is 0 Å². The van der Waals surface area contributed by atoms with Gasteiger partial charge in [-0.15, -0.1) is 0 Å². The Morgan fingerprint density at radius 2 is 1.50 bits per heavy atom. The van der Waals surface area contributed by atoms with E-state index < -0.39 is 12.5 Å². The Morgan fingerprint density at radius 1 is 1.38 bits per heavy atom. The number of aliphatic hydroxyl groups is 1. The second kappa shape index (κ2) is 3.66. The zero-order valence-electron chi connectivity index (χ0n) is 5.04. The van der Waals surface area contributed by atoms with Crippen LogP contribution in [0.5, 0.6) is 0 Å². The molecule has 0 aliphatic rings. The van der Waals surface area contributed by atoms with Gasteiger partial charge in [-0.05, 0) is 0 Å². The maximum absolute atomic E-state index is 10.6. The molecule has 0 heterocycles. The molecule has 0 saturated heterocycles. The molecule has 0 aliphatic carbocycles. The van der Waals surface area contributed by atoms with Crippen LogP contribution in [0.25, 0.3) is 0 Å². The van der Waals surface area contributed by atoms with Crippen LogP contribution in [0, 0.1) is 0 Å². The summed E-state index contributed by atoms with van der Waals surface area (Å²) in [5.41, 5.74) is 0. The Morgan fingerprint density at radius 3 is 1.50 bits per heavy atom. The van der Waals surface area contributed by atoms with Crippen molar-refractivity contribution in [3.05, 3.63) is 0 Å². The third-order valence-electron chi connectivity index (χ3n) is 0.270.